The van der Waals surface area contributed by atoms with E-state index in [0.29, 0.717) is 19.1 Å². The number of nitrogens with one attached hydrogen (secondary N) is 1. The molecule has 1 aliphatic heterocycles. The summed E-state index contributed by atoms with van der Waals surface area (Å²) in [6, 6.07) is 20.1. The van der Waals surface area contributed by atoms with Crippen LogP contribution in [0.15, 0.2) is 60.7 Å². The maximum absolute atomic E-state index is 11.8. The monoisotopic (exact) mass is 310 g/mol. The highest BCUT2D eigenvalue weighted by atomic mass is 16.5. The molecule has 1 heterocycles. The molecule has 0 aliphatic carbocycles. The fraction of sp³-hybridized carbons (Fsp3) is 0.316. The molecule has 1 amide bonds. The Bertz CT molecular complexity index is 616. The Labute approximate surface area is 137 Å². The second-order valence-corrected chi connectivity index (χ2v) is 5.88. The van der Waals surface area contributed by atoms with Crippen LogP contribution in [-0.4, -0.2) is 25.7 Å². The number of ether oxygens (including phenoxy) is 1. The Morgan fingerprint density at radius 3 is 2.52 bits per heavy atom. The van der Waals surface area contributed by atoms with E-state index < -0.39 is 0 Å². The van der Waals surface area contributed by atoms with Crippen molar-refractivity contribution in [3.63, 3.8) is 0 Å². The summed E-state index contributed by atoms with van der Waals surface area (Å²) in [6.07, 6.45) is 0.750. The van der Waals surface area contributed by atoms with Crippen LogP contribution < -0.4 is 10.2 Å². The molecule has 0 saturated carbocycles. The van der Waals surface area contributed by atoms with Crippen molar-refractivity contribution >= 4 is 11.8 Å². The number of para-hydroxylation sites is 1. The third-order valence-electron chi connectivity index (χ3n) is 4.16. The molecule has 1 N–H and O–H groups in total. The van der Waals surface area contributed by atoms with Crippen molar-refractivity contribution in [3.8, 4) is 0 Å². The Morgan fingerprint density at radius 2 is 1.78 bits per heavy atom. The summed E-state index contributed by atoms with van der Waals surface area (Å²) >= 11 is 0. The van der Waals surface area contributed by atoms with E-state index in [1.54, 1.807) is 0 Å². The van der Waals surface area contributed by atoms with Crippen molar-refractivity contribution in [2.24, 2.45) is 5.92 Å². The zero-order chi connectivity index (χ0) is 15.9. The van der Waals surface area contributed by atoms with E-state index in [1.165, 1.54) is 5.69 Å². The molecular weight excluding hydrogens is 288 g/mol. The van der Waals surface area contributed by atoms with Crippen LogP contribution in [0.3, 0.4) is 0 Å². The van der Waals surface area contributed by atoms with E-state index in [1.807, 2.05) is 36.4 Å². The van der Waals surface area contributed by atoms with Crippen LogP contribution >= 0.6 is 0 Å². The van der Waals surface area contributed by atoms with Crippen LogP contribution in [0.25, 0.3) is 0 Å². The average Bonchev–Trinajstić information content (AvgIpc) is 3.09. The summed E-state index contributed by atoms with van der Waals surface area (Å²) < 4.78 is 5.24. The fourth-order valence-corrected chi connectivity index (χ4v) is 2.87. The molecule has 3 rings (SSSR count). The minimum atomic E-state index is -0.341. The van der Waals surface area contributed by atoms with Crippen molar-refractivity contribution in [1.29, 1.82) is 0 Å². The van der Waals surface area contributed by atoms with E-state index in [2.05, 4.69) is 34.5 Å². The lowest BCUT2D eigenvalue weighted by Crippen LogP contribution is -2.31. The molecule has 1 aliphatic rings. The predicted molar refractivity (Wildman–Crippen MR) is 91.4 cm³/mol. The summed E-state index contributed by atoms with van der Waals surface area (Å²) in [5.74, 6) is 0.472. The van der Waals surface area contributed by atoms with Gasteiger partial charge in [-0.15, -0.1) is 0 Å². The lowest BCUT2D eigenvalue weighted by molar-refractivity contribution is 0.138. The SMILES string of the molecule is O=C(NCC1CCN(c2ccccc2)C1)OCc1ccccc1. The molecule has 23 heavy (non-hydrogen) atoms. The van der Waals surface area contributed by atoms with Crippen LogP contribution in [0.4, 0.5) is 10.5 Å². The number of hydrogen-bond acceptors (Lipinski definition) is 3. The zero-order valence-corrected chi connectivity index (χ0v) is 13.2. The molecule has 1 unspecified atom stereocenters. The third-order valence-corrected chi connectivity index (χ3v) is 4.16. The van der Waals surface area contributed by atoms with E-state index in [-0.39, 0.29) is 6.09 Å². The second-order valence-electron chi connectivity index (χ2n) is 5.88. The first-order valence-corrected chi connectivity index (χ1v) is 8.06. The van der Waals surface area contributed by atoms with Gasteiger partial charge in [-0.3, -0.25) is 0 Å². The molecule has 2 aromatic rings. The van der Waals surface area contributed by atoms with Gasteiger partial charge in [-0.1, -0.05) is 48.5 Å². The molecule has 1 atom stereocenters. The maximum Gasteiger partial charge on any atom is 0.407 e. The molecule has 2 aromatic carbocycles. The van der Waals surface area contributed by atoms with Gasteiger partial charge in [-0.05, 0) is 30.0 Å². The van der Waals surface area contributed by atoms with Gasteiger partial charge in [0.15, 0.2) is 0 Å². The molecular formula is C19H22N2O2. The first-order valence-electron chi connectivity index (χ1n) is 8.06. The number of hydrogen-bond donors (Lipinski definition) is 1. The van der Waals surface area contributed by atoms with Gasteiger partial charge in [0.2, 0.25) is 0 Å². The Kier molecular flexibility index (Phi) is 5.14. The predicted octanol–water partition coefficient (Wildman–Crippen LogP) is 3.44. The quantitative estimate of drug-likeness (QED) is 0.920. The smallest absolute Gasteiger partial charge is 0.407 e. The van der Waals surface area contributed by atoms with Crippen molar-refractivity contribution in [2.75, 3.05) is 24.5 Å². The van der Waals surface area contributed by atoms with E-state index >= 15 is 0 Å². The highest BCUT2D eigenvalue weighted by molar-refractivity contribution is 5.67. The topological polar surface area (TPSA) is 41.6 Å². The largest absolute Gasteiger partial charge is 0.445 e. The van der Waals surface area contributed by atoms with Crippen molar-refractivity contribution in [1.82, 2.24) is 5.32 Å². The molecule has 0 spiro atoms. The maximum atomic E-state index is 11.8. The summed E-state index contributed by atoms with van der Waals surface area (Å²) in [7, 11) is 0. The van der Waals surface area contributed by atoms with Crippen LogP contribution in [0.1, 0.15) is 12.0 Å². The average molecular weight is 310 g/mol. The Balaban J connectivity index is 1.38. The Morgan fingerprint density at radius 1 is 1.09 bits per heavy atom. The van der Waals surface area contributed by atoms with Crippen LogP contribution in [0.5, 0.6) is 0 Å². The van der Waals surface area contributed by atoms with Gasteiger partial charge >= 0.3 is 6.09 Å². The summed E-state index contributed by atoms with van der Waals surface area (Å²) in [4.78, 5) is 14.1. The minimum Gasteiger partial charge on any atom is -0.445 e. The molecule has 0 radical (unpaired) electrons. The minimum absolute atomic E-state index is 0.313. The van der Waals surface area contributed by atoms with Gasteiger partial charge in [0.05, 0.1) is 0 Å². The standard InChI is InChI=1S/C19H22N2O2/c22-19(23-15-16-7-3-1-4-8-16)20-13-17-11-12-21(14-17)18-9-5-2-6-10-18/h1-10,17H,11-15H2,(H,20,22). The molecule has 4 heteroatoms. The van der Waals surface area contributed by atoms with Crippen molar-refractivity contribution in [2.45, 2.75) is 13.0 Å². The van der Waals surface area contributed by atoms with E-state index in [0.717, 1.165) is 25.1 Å². The molecule has 4 nitrogen and oxygen atoms in total. The number of rotatable bonds is 5. The second kappa shape index (κ2) is 7.68. The van der Waals surface area contributed by atoms with Gasteiger partial charge in [-0.25, -0.2) is 4.79 Å². The normalized spacial score (nSPS) is 17.0. The van der Waals surface area contributed by atoms with Crippen molar-refractivity contribution < 1.29 is 9.53 Å². The highest BCUT2D eigenvalue weighted by Crippen LogP contribution is 2.22. The molecule has 120 valence electrons. The first kappa shape index (κ1) is 15.4. The molecule has 0 bridgehead atoms. The van der Waals surface area contributed by atoms with Crippen molar-refractivity contribution in [3.05, 3.63) is 66.2 Å². The molecule has 1 saturated heterocycles. The molecule has 1 fully saturated rings. The van der Waals surface area contributed by atoms with E-state index in [9.17, 15) is 4.79 Å². The molecule has 0 aromatic heterocycles. The number of amides is 1. The van der Waals surface area contributed by atoms with Crippen LogP contribution in [0, 0.1) is 5.92 Å². The zero-order valence-electron chi connectivity index (χ0n) is 13.2. The number of carbonyl (C=O) groups excluding carboxylic acids is 1. The summed E-state index contributed by atoms with van der Waals surface area (Å²) in [5.41, 5.74) is 2.25. The number of anilines is 1. The lowest BCUT2D eigenvalue weighted by Gasteiger charge is -2.18. The van der Waals surface area contributed by atoms with Crippen LogP contribution in [0.2, 0.25) is 0 Å². The lowest BCUT2D eigenvalue weighted by atomic mass is 10.1. The number of benzene rings is 2. The highest BCUT2D eigenvalue weighted by Gasteiger charge is 2.23. The summed E-state index contributed by atoms with van der Waals surface area (Å²) in [5, 5.41) is 2.88. The number of alkyl carbamates (subject to hydrolysis) is 1. The van der Waals surface area contributed by atoms with Gasteiger partial charge < -0.3 is 15.0 Å². The number of carbonyl (C=O) groups is 1. The van der Waals surface area contributed by atoms with Gasteiger partial charge in [0.25, 0.3) is 0 Å². The van der Waals surface area contributed by atoms with Gasteiger partial charge in [-0.2, -0.15) is 0 Å². The van der Waals surface area contributed by atoms with Gasteiger partial charge in [0, 0.05) is 25.3 Å². The first-order chi connectivity index (χ1) is 11.3. The van der Waals surface area contributed by atoms with Crippen LogP contribution in [-0.2, 0) is 11.3 Å². The number of nitrogens with zero attached hydrogens (tertiary/aromatic N) is 1. The third kappa shape index (κ3) is 4.49. The fourth-order valence-electron chi connectivity index (χ4n) is 2.87. The summed E-state index contributed by atoms with van der Waals surface area (Å²) in [6.45, 7) is 2.99. The van der Waals surface area contributed by atoms with E-state index in [4.69, 9.17) is 4.74 Å². The van der Waals surface area contributed by atoms with Gasteiger partial charge in [0.1, 0.15) is 6.61 Å². The Hall–Kier alpha value is -2.49.